The van der Waals surface area contributed by atoms with E-state index in [0.29, 0.717) is 11.1 Å². The normalized spacial score (nSPS) is 11.5. The van der Waals surface area contributed by atoms with Gasteiger partial charge in [0.1, 0.15) is 0 Å². The molecular weight excluding hydrogens is 379 g/mol. The molecule has 0 heterocycles. The maximum absolute atomic E-state index is 11.3. The van der Waals surface area contributed by atoms with Crippen LogP contribution in [0.5, 0.6) is 0 Å². The summed E-state index contributed by atoms with van der Waals surface area (Å²) in [4.78, 5) is 0. The highest BCUT2D eigenvalue weighted by Crippen LogP contribution is 2.36. The Bertz CT molecular complexity index is 993. The number of hydrogen-bond donors (Lipinski definition) is 1. The van der Waals surface area contributed by atoms with Crippen LogP contribution in [0, 0.1) is 0 Å². The molecule has 0 saturated heterocycles. The lowest BCUT2D eigenvalue weighted by Gasteiger charge is -2.26. The van der Waals surface area contributed by atoms with Crippen molar-refractivity contribution in [2.45, 2.75) is 5.79 Å². The van der Waals surface area contributed by atoms with Crippen LogP contribution in [-0.4, -0.2) is 5.11 Å². The lowest BCUT2D eigenvalue weighted by Crippen LogP contribution is -2.27. The van der Waals surface area contributed by atoms with Gasteiger partial charge in [-0.3, -0.25) is 4.52 Å². The molecule has 0 aliphatic carbocycles. The van der Waals surface area contributed by atoms with Crippen LogP contribution in [0.4, 0.5) is 0 Å². The van der Waals surface area contributed by atoms with Crippen molar-refractivity contribution in [3.63, 3.8) is 0 Å². The van der Waals surface area contributed by atoms with E-state index in [-0.39, 0.29) is 0 Å². The van der Waals surface area contributed by atoms with Gasteiger partial charge in [-0.2, -0.15) is 0 Å². The third-order valence-corrected chi connectivity index (χ3v) is 5.27. The molecule has 0 bridgehead atoms. The highest BCUT2D eigenvalue weighted by atomic mass is 31.1. The van der Waals surface area contributed by atoms with Crippen LogP contribution >= 0.6 is 8.69 Å². The van der Waals surface area contributed by atoms with Crippen molar-refractivity contribution >= 4 is 8.69 Å². The molecule has 4 rings (SSSR count). The van der Waals surface area contributed by atoms with E-state index in [1.807, 2.05) is 84.9 Å². The first-order valence-electron chi connectivity index (χ1n) is 9.26. The van der Waals surface area contributed by atoms with E-state index >= 15 is 0 Å². The maximum Gasteiger partial charge on any atom is 0.330 e. The fourth-order valence-electron chi connectivity index (χ4n) is 3.36. The minimum atomic E-state index is -1.81. The Kier molecular flexibility index (Phi) is 5.64. The summed E-state index contributed by atoms with van der Waals surface area (Å²) in [6.45, 7) is 0. The summed E-state index contributed by atoms with van der Waals surface area (Å²) in [5.41, 5.74) is 5.22. The highest BCUT2D eigenvalue weighted by molar-refractivity contribution is 7.17. The highest BCUT2D eigenvalue weighted by Gasteiger charge is 2.33. The first kappa shape index (κ1) is 19.2. The SMILES string of the molecule is O=POC(O)(c1ccc(-c2ccccc2)cc1)c1ccc(-c2ccccc2)cc1. The van der Waals surface area contributed by atoms with Crippen LogP contribution in [0.3, 0.4) is 0 Å². The Morgan fingerprint density at radius 3 is 1.24 bits per heavy atom. The maximum atomic E-state index is 11.3. The molecule has 3 nitrogen and oxygen atoms in total. The largest absolute Gasteiger partial charge is 0.358 e. The monoisotopic (exact) mass is 398 g/mol. The number of aliphatic hydroxyl groups is 1. The van der Waals surface area contributed by atoms with E-state index in [2.05, 4.69) is 0 Å². The van der Waals surface area contributed by atoms with E-state index in [0.717, 1.165) is 22.3 Å². The van der Waals surface area contributed by atoms with Crippen molar-refractivity contribution in [3.8, 4) is 22.3 Å². The number of rotatable bonds is 6. The summed E-state index contributed by atoms with van der Waals surface area (Å²) < 4.78 is 16.5. The standard InChI is InChI=1S/C25H19O3P/c26-25(28-29-27,23-15-11-21(12-16-23)19-7-3-1-4-8-19)24-17-13-22(14-18-24)20-9-5-2-6-10-20/h1-18,26H. The molecule has 0 aliphatic rings. The molecule has 0 aromatic heterocycles. The van der Waals surface area contributed by atoms with Crippen molar-refractivity contribution in [2.75, 3.05) is 0 Å². The molecule has 4 aromatic carbocycles. The molecule has 0 fully saturated rings. The predicted octanol–water partition coefficient (Wildman–Crippen LogP) is 6.44. The molecule has 0 saturated carbocycles. The van der Waals surface area contributed by atoms with Crippen LogP contribution in [0.1, 0.15) is 11.1 Å². The zero-order chi connectivity index (χ0) is 20.1. The third-order valence-electron chi connectivity index (χ3n) is 4.94. The molecule has 0 aliphatic heterocycles. The van der Waals surface area contributed by atoms with Gasteiger partial charge in [0.2, 0.25) is 5.79 Å². The van der Waals surface area contributed by atoms with E-state index in [1.54, 1.807) is 24.3 Å². The second-order valence-corrected chi connectivity index (χ2v) is 7.03. The van der Waals surface area contributed by atoms with Gasteiger partial charge in [-0.1, -0.05) is 109 Å². The van der Waals surface area contributed by atoms with Gasteiger partial charge in [0.25, 0.3) is 0 Å². The van der Waals surface area contributed by atoms with Crippen LogP contribution in [0.2, 0.25) is 0 Å². The predicted molar refractivity (Wildman–Crippen MR) is 115 cm³/mol. The lowest BCUT2D eigenvalue weighted by molar-refractivity contribution is -0.100. The first-order chi connectivity index (χ1) is 14.2. The van der Waals surface area contributed by atoms with Crippen LogP contribution in [-0.2, 0) is 14.9 Å². The number of benzene rings is 4. The fourth-order valence-corrected chi connectivity index (χ4v) is 3.68. The van der Waals surface area contributed by atoms with Crippen LogP contribution in [0.25, 0.3) is 22.3 Å². The van der Waals surface area contributed by atoms with Gasteiger partial charge in [-0.05, 0) is 22.3 Å². The van der Waals surface area contributed by atoms with Gasteiger partial charge in [0.05, 0.1) is 0 Å². The molecular formula is C25H19O3P. The van der Waals surface area contributed by atoms with Crippen molar-refractivity contribution in [1.29, 1.82) is 0 Å². The van der Waals surface area contributed by atoms with E-state index in [1.165, 1.54) is 0 Å². The number of hydrogen-bond acceptors (Lipinski definition) is 3. The average molecular weight is 398 g/mol. The van der Waals surface area contributed by atoms with Gasteiger partial charge >= 0.3 is 8.69 Å². The van der Waals surface area contributed by atoms with Crippen LogP contribution < -0.4 is 0 Å². The second kappa shape index (κ2) is 8.50. The van der Waals surface area contributed by atoms with E-state index in [9.17, 15) is 9.67 Å². The minimum absolute atomic E-state index is 0.507. The minimum Gasteiger partial charge on any atom is -0.358 e. The molecule has 0 radical (unpaired) electrons. The van der Waals surface area contributed by atoms with Gasteiger partial charge in [-0.15, -0.1) is 0 Å². The Labute approximate surface area is 171 Å². The molecule has 0 amide bonds. The lowest BCUT2D eigenvalue weighted by atomic mass is 9.94. The quantitative estimate of drug-likeness (QED) is 0.300. The summed E-state index contributed by atoms with van der Waals surface area (Å²) in [5.74, 6) is -1.81. The van der Waals surface area contributed by atoms with E-state index < -0.39 is 14.5 Å². The average Bonchev–Trinajstić information content (AvgIpc) is 2.80. The van der Waals surface area contributed by atoms with Gasteiger partial charge in [0.15, 0.2) is 0 Å². The third kappa shape index (κ3) is 4.03. The Morgan fingerprint density at radius 1 is 0.552 bits per heavy atom. The van der Waals surface area contributed by atoms with Gasteiger partial charge in [0, 0.05) is 11.1 Å². The molecule has 0 atom stereocenters. The fraction of sp³-hybridized carbons (Fsp3) is 0.0400. The van der Waals surface area contributed by atoms with Crippen molar-refractivity contribution in [3.05, 3.63) is 120 Å². The van der Waals surface area contributed by atoms with E-state index in [4.69, 9.17) is 4.52 Å². The summed E-state index contributed by atoms with van der Waals surface area (Å²) in [6.07, 6.45) is 0. The van der Waals surface area contributed by atoms with Crippen molar-refractivity contribution < 1.29 is 14.2 Å². The Morgan fingerprint density at radius 2 is 0.897 bits per heavy atom. The molecule has 142 valence electrons. The summed E-state index contributed by atoms with van der Waals surface area (Å²) in [7, 11) is -0.600. The summed E-state index contributed by atoms with van der Waals surface area (Å²) in [6, 6.07) is 34.8. The Balaban J connectivity index is 1.68. The summed E-state index contributed by atoms with van der Waals surface area (Å²) >= 11 is 0. The molecule has 1 N–H and O–H groups in total. The van der Waals surface area contributed by atoms with Crippen molar-refractivity contribution in [1.82, 2.24) is 0 Å². The molecule has 29 heavy (non-hydrogen) atoms. The van der Waals surface area contributed by atoms with Gasteiger partial charge in [-0.25, -0.2) is 4.57 Å². The Hall–Kier alpha value is -3.10. The molecule has 0 spiro atoms. The second-order valence-electron chi connectivity index (χ2n) is 6.70. The van der Waals surface area contributed by atoms with Crippen LogP contribution in [0.15, 0.2) is 109 Å². The molecule has 4 aromatic rings. The first-order valence-corrected chi connectivity index (χ1v) is 9.99. The molecule has 0 unspecified atom stereocenters. The molecule has 4 heteroatoms. The topological polar surface area (TPSA) is 46.5 Å². The zero-order valence-corrected chi connectivity index (χ0v) is 16.5. The van der Waals surface area contributed by atoms with Crippen molar-refractivity contribution in [2.24, 2.45) is 0 Å². The van der Waals surface area contributed by atoms with Gasteiger partial charge < -0.3 is 5.11 Å². The smallest absolute Gasteiger partial charge is 0.330 e. The zero-order valence-electron chi connectivity index (χ0n) is 15.6. The summed E-state index contributed by atoms with van der Waals surface area (Å²) in [5, 5.41) is 11.2.